The zero-order valence-electron chi connectivity index (χ0n) is 22.7. The third kappa shape index (κ3) is 5.73. The fraction of sp³-hybridized carbons (Fsp3) is 0.400. The van der Waals surface area contributed by atoms with Gasteiger partial charge in [-0.15, -0.1) is 9.24 Å². The standard InChI is InChI=1S/C30H36F3N4P/c1-6-9-21(30(31,32)33)16-23(27(38)7-2)25-17-26-24(10-8-15-37(26)36-25)35-29-28-19(5)22(18(3)4)12-11-20(28)13-14-34-29/h7,9,11-14,16-17,19,24H,6,8,10,15,38H2,1-5H3,(H,34,35)/b21-9-,23-16-,27-7+. The van der Waals surface area contributed by atoms with Gasteiger partial charge in [-0.05, 0) is 74.7 Å². The van der Waals surface area contributed by atoms with Gasteiger partial charge in [0, 0.05) is 29.8 Å². The summed E-state index contributed by atoms with van der Waals surface area (Å²) in [5.41, 5.74) is 6.18. The number of hydrogen-bond donors (Lipinski definition) is 1. The molecular weight excluding hydrogens is 504 g/mol. The maximum absolute atomic E-state index is 13.7. The largest absolute Gasteiger partial charge is 0.416 e. The third-order valence-electron chi connectivity index (χ3n) is 7.23. The minimum Gasteiger partial charge on any atom is -0.361 e. The van der Waals surface area contributed by atoms with Crippen molar-refractivity contribution < 1.29 is 13.2 Å². The van der Waals surface area contributed by atoms with E-state index in [-0.39, 0.29) is 12.0 Å². The molecule has 2 aromatic heterocycles. The molecule has 0 bridgehead atoms. The van der Waals surface area contributed by atoms with Crippen LogP contribution >= 0.6 is 9.24 Å². The van der Waals surface area contributed by atoms with E-state index in [1.54, 1.807) is 13.0 Å². The van der Waals surface area contributed by atoms with Gasteiger partial charge in [-0.1, -0.05) is 43.7 Å². The molecule has 0 aromatic carbocycles. The summed E-state index contributed by atoms with van der Waals surface area (Å²) < 4.78 is 43.1. The Balaban J connectivity index is 1.74. The van der Waals surface area contributed by atoms with Crippen LogP contribution < -0.4 is 5.32 Å². The molecule has 2 aliphatic rings. The molecule has 4 nitrogen and oxygen atoms in total. The summed E-state index contributed by atoms with van der Waals surface area (Å²) in [5.74, 6) is 1.05. The Kier molecular flexibility index (Phi) is 8.46. The number of alkyl halides is 3. The summed E-state index contributed by atoms with van der Waals surface area (Å²) in [5, 5.41) is 9.11. The van der Waals surface area contributed by atoms with E-state index in [4.69, 9.17) is 10.1 Å². The molecule has 3 atom stereocenters. The van der Waals surface area contributed by atoms with Gasteiger partial charge >= 0.3 is 6.18 Å². The van der Waals surface area contributed by atoms with Gasteiger partial charge in [0.05, 0.1) is 23.0 Å². The molecule has 3 heterocycles. The smallest absolute Gasteiger partial charge is 0.361 e. The van der Waals surface area contributed by atoms with Crippen LogP contribution in [-0.4, -0.2) is 20.9 Å². The van der Waals surface area contributed by atoms with Gasteiger partial charge in [-0.25, -0.2) is 4.98 Å². The highest BCUT2D eigenvalue weighted by Crippen LogP contribution is 2.41. The topological polar surface area (TPSA) is 42.7 Å². The van der Waals surface area contributed by atoms with E-state index in [1.807, 2.05) is 29.9 Å². The molecular formula is C30H36F3N4P. The molecule has 3 unspecified atom stereocenters. The van der Waals surface area contributed by atoms with Gasteiger partial charge in [-0.2, -0.15) is 18.3 Å². The molecule has 2 aromatic rings. The van der Waals surface area contributed by atoms with Crippen LogP contribution in [0.3, 0.4) is 0 Å². The molecule has 202 valence electrons. The van der Waals surface area contributed by atoms with E-state index in [2.05, 4.69) is 47.5 Å². The van der Waals surface area contributed by atoms with Crippen molar-refractivity contribution in [3.63, 3.8) is 0 Å². The molecule has 0 spiro atoms. The monoisotopic (exact) mass is 540 g/mol. The first-order valence-corrected chi connectivity index (χ1v) is 13.7. The number of hydrogen-bond acceptors (Lipinski definition) is 3. The molecule has 0 radical (unpaired) electrons. The van der Waals surface area contributed by atoms with Crippen LogP contribution in [0.25, 0.3) is 11.6 Å². The number of pyridine rings is 1. The molecule has 0 amide bonds. The van der Waals surface area contributed by atoms with Crippen LogP contribution in [0.5, 0.6) is 0 Å². The van der Waals surface area contributed by atoms with E-state index in [0.29, 0.717) is 23.0 Å². The summed E-state index contributed by atoms with van der Waals surface area (Å²) in [7, 11) is 2.56. The molecule has 1 aliphatic heterocycles. The number of allylic oxidation sites excluding steroid dienone is 9. The number of aryl methyl sites for hydroxylation is 1. The third-order valence-corrected chi connectivity index (χ3v) is 7.88. The van der Waals surface area contributed by atoms with Crippen LogP contribution in [-0.2, 0) is 6.54 Å². The molecule has 38 heavy (non-hydrogen) atoms. The Labute approximate surface area is 225 Å². The van der Waals surface area contributed by atoms with Gasteiger partial charge in [0.25, 0.3) is 0 Å². The maximum Gasteiger partial charge on any atom is 0.416 e. The number of halogens is 3. The van der Waals surface area contributed by atoms with Gasteiger partial charge in [0.1, 0.15) is 5.82 Å². The predicted molar refractivity (Wildman–Crippen MR) is 154 cm³/mol. The fourth-order valence-electron chi connectivity index (χ4n) is 5.30. The van der Waals surface area contributed by atoms with Crippen LogP contribution in [0.2, 0.25) is 0 Å². The molecule has 8 heteroatoms. The van der Waals surface area contributed by atoms with E-state index in [9.17, 15) is 13.2 Å². The Morgan fingerprint density at radius 3 is 2.68 bits per heavy atom. The predicted octanol–water partition coefficient (Wildman–Crippen LogP) is 8.75. The van der Waals surface area contributed by atoms with Gasteiger partial charge in [0.2, 0.25) is 0 Å². The van der Waals surface area contributed by atoms with Crippen molar-refractivity contribution in [2.24, 2.45) is 0 Å². The molecule has 0 saturated heterocycles. The van der Waals surface area contributed by atoms with E-state index < -0.39 is 11.7 Å². The number of nitrogens with one attached hydrogen (secondary N) is 1. The Hall–Kier alpha value is -2.92. The SMILES string of the molecule is C\C=C(P)/C(=C\C(=C\CC)C(F)(F)F)c1cc2n(n1)CCCC2Nc1nccc2c1C(C)C(=C(C)C)C=C2. The first kappa shape index (κ1) is 28.1. The van der Waals surface area contributed by atoms with Crippen molar-refractivity contribution in [3.8, 4) is 0 Å². The molecule has 0 fully saturated rings. The molecule has 1 N–H and O–H groups in total. The maximum atomic E-state index is 13.7. The average Bonchev–Trinajstić information content (AvgIpc) is 3.30. The lowest BCUT2D eigenvalue weighted by atomic mass is 9.83. The second kappa shape index (κ2) is 11.4. The van der Waals surface area contributed by atoms with Gasteiger partial charge in [0.15, 0.2) is 0 Å². The van der Waals surface area contributed by atoms with Crippen LogP contribution in [0, 0.1) is 0 Å². The van der Waals surface area contributed by atoms with Crippen LogP contribution in [0.1, 0.15) is 88.4 Å². The van der Waals surface area contributed by atoms with Crippen molar-refractivity contribution in [2.45, 2.75) is 78.6 Å². The minimum atomic E-state index is -4.43. The summed E-state index contributed by atoms with van der Waals surface area (Å²) in [4.78, 5) is 4.72. The molecule has 4 rings (SSSR count). The number of aromatic nitrogens is 3. The Morgan fingerprint density at radius 2 is 2.03 bits per heavy atom. The number of anilines is 1. The number of rotatable bonds is 6. The zero-order valence-corrected chi connectivity index (χ0v) is 23.8. The minimum absolute atomic E-state index is 0.0506. The lowest BCUT2D eigenvalue weighted by molar-refractivity contribution is -0.0883. The number of fused-ring (bicyclic) bond motifs is 2. The van der Waals surface area contributed by atoms with Crippen molar-refractivity contribution >= 4 is 26.7 Å². The highest BCUT2D eigenvalue weighted by Gasteiger charge is 2.33. The van der Waals surface area contributed by atoms with Gasteiger partial charge in [-0.3, -0.25) is 4.68 Å². The van der Waals surface area contributed by atoms with Crippen molar-refractivity contribution in [1.82, 2.24) is 14.8 Å². The second-order valence-corrected chi connectivity index (χ2v) is 10.7. The van der Waals surface area contributed by atoms with Crippen LogP contribution in [0.4, 0.5) is 19.0 Å². The molecule has 1 aliphatic carbocycles. The quantitative estimate of drug-likeness (QED) is 0.294. The summed E-state index contributed by atoms with van der Waals surface area (Å²) >= 11 is 0. The summed E-state index contributed by atoms with van der Waals surface area (Å²) in [6, 6.07) is 3.91. The molecule has 0 saturated carbocycles. The first-order chi connectivity index (χ1) is 18.0. The average molecular weight is 541 g/mol. The Morgan fingerprint density at radius 1 is 1.26 bits per heavy atom. The fourth-order valence-corrected chi connectivity index (χ4v) is 5.53. The number of nitrogens with zero attached hydrogens (tertiary/aromatic N) is 3. The van der Waals surface area contributed by atoms with E-state index in [1.165, 1.54) is 28.9 Å². The lowest BCUT2D eigenvalue weighted by Crippen LogP contribution is -2.23. The van der Waals surface area contributed by atoms with Crippen molar-refractivity contribution in [1.29, 1.82) is 0 Å². The Bertz CT molecular complexity index is 1350. The highest BCUT2D eigenvalue weighted by atomic mass is 31.0. The first-order valence-electron chi connectivity index (χ1n) is 13.1. The van der Waals surface area contributed by atoms with E-state index >= 15 is 0 Å². The normalized spacial score (nSPS) is 20.3. The van der Waals surface area contributed by atoms with Gasteiger partial charge < -0.3 is 5.32 Å². The highest BCUT2D eigenvalue weighted by molar-refractivity contribution is 7.24. The summed E-state index contributed by atoms with van der Waals surface area (Å²) in [6.45, 7) is 10.7. The summed E-state index contributed by atoms with van der Waals surface area (Å²) in [6.07, 6.45) is 8.03. The lowest BCUT2D eigenvalue weighted by Gasteiger charge is -2.29. The van der Waals surface area contributed by atoms with Crippen LogP contribution in [0.15, 0.2) is 64.7 Å². The van der Waals surface area contributed by atoms with Crippen molar-refractivity contribution in [3.05, 3.63) is 87.2 Å². The zero-order chi connectivity index (χ0) is 27.6. The van der Waals surface area contributed by atoms with E-state index in [0.717, 1.165) is 36.5 Å². The van der Waals surface area contributed by atoms with Crippen molar-refractivity contribution in [2.75, 3.05) is 5.32 Å². The second-order valence-electron chi connectivity index (χ2n) is 10.1.